The van der Waals surface area contributed by atoms with Gasteiger partial charge in [-0.15, -0.1) is 0 Å². The molecule has 0 saturated carbocycles. The number of nitrogens with zero attached hydrogens (tertiary/aromatic N) is 2. The van der Waals surface area contributed by atoms with E-state index in [4.69, 9.17) is 4.74 Å². The number of halogens is 1. The van der Waals surface area contributed by atoms with Crippen molar-refractivity contribution in [3.8, 4) is 17.0 Å². The van der Waals surface area contributed by atoms with Crippen LogP contribution in [0.25, 0.3) is 11.3 Å². The van der Waals surface area contributed by atoms with Crippen molar-refractivity contribution in [3.63, 3.8) is 0 Å². The molecule has 90 valence electrons. The van der Waals surface area contributed by atoms with Crippen LogP contribution in [-0.2, 0) is 7.05 Å². The number of methoxy groups -OCH3 is 1. The molecule has 1 aromatic carbocycles. The average molecular weight is 295 g/mol. The zero-order valence-corrected chi connectivity index (χ0v) is 12.0. The van der Waals surface area contributed by atoms with Crippen molar-refractivity contribution >= 4 is 15.9 Å². The summed E-state index contributed by atoms with van der Waals surface area (Å²) in [6.07, 6.45) is 0. The van der Waals surface area contributed by atoms with Gasteiger partial charge in [0.2, 0.25) is 0 Å². The van der Waals surface area contributed by atoms with Gasteiger partial charge in [0.25, 0.3) is 0 Å². The lowest BCUT2D eigenvalue weighted by atomic mass is 10.1. The second kappa shape index (κ2) is 4.53. The summed E-state index contributed by atoms with van der Waals surface area (Å²) < 4.78 is 8.37. The highest BCUT2D eigenvalue weighted by atomic mass is 79.9. The van der Waals surface area contributed by atoms with Crippen LogP contribution in [-0.4, -0.2) is 16.7 Å². The molecule has 0 atom stereocenters. The Balaban J connectivity index is 2.67. The minimum atomic E-state index is 0.842. The molecule has 3 nitrogen and oxygen atoms in total. The summed E-state index contributed by atoms with van der Waals surface area (Å²) in [6, 6.07) is 6.10. The van der Waals surface area contributed by atoms with E-state index in [9.17, 15) is 0 Å². The standard InChI is InChI=1S/C13H15BrN2O/c1-8-5-6-11(17-4)10(7-8)12-13(14)16(3)9(2)15-12/h5-7H,1-4H3. The molecule has 2 aromatic rings. The summed E-state index contributed by atoms with van der Waals surface area (Å²) in [7, 11) is 3.66. The van der Waals surface area contributed by atoms with Crippen LogP contribution in [0.2, 0.25) is 0 Å². The Bertz CT molecular complexity index is 561. The smallest absolute Gasteiger partial charge is 0.128 e. The summed E-state index contributed by atoms with van der Waals surface area (Å²) in [5.74, 6) is 1.81. The minimum absolute atomic E-state index is 0.842. The highest BCUT2D eigenvalue weighted by Gasteiger charge is 2.15. The van der Waals surface area contributed by atoms with Gasteiger partial charge in [-0.1, -0.05) is 11.6 Å². The Kier molecular flexibility index (Phi) is 3.24. The van der Waals surface area contributed by atoms with Crippen LogP contribution in [0.4, 0.5) is 0 Å². The van der Waals surface area contributed by atoms with Gasteiger partial charge in [-0.2, -0.15) is 0 Å². The molecule has 0 aliphatic rings. The number of benzene rings is 1. The maximum atomic E-state index is 5.39. The van der Waals surface area contributed by atoms with Crippen molar-refractivity contribution < 1.29 is 4.74 Å². The molecule has 1 aromatic heterocycles. The van der Waals surface area contributed by atoms with Gasteiger partial charge in [0.15, 0.2) is 0 Å². The van der Waals surface area contributed by atoms with Crippen molar-refractivity contribution in [3.05, 3.63) is 34.2 Å². The maximum Gasteiger partial charge on any atom is 0.128 e. The first-order valence-electron chi connectivity index (χ1n) is 5.38. The molecular weight excluding hydrogens is 280 g/mol. The van der Waals surface area contributed by atoms with E-state index in [2.05, 4.69) is 33.9 Å². The molecule has 0 unspecified atom stereocenters. The number of aryl methyl sites for hydroxylation is 2. The minimum Gasteiger partial charge on any atom is -0.496 e. The molecule has 0 radical (unpaired) electrons. The van der Waals surface area contributed by atoms with Crippen LogP contribution in [0.1, 0.15) is 11.4 Å². The molecule has 1 heterocycles. The zero-order chi connectivity index (χ0) is 12.6. The van der Waals surface area contributed by atoms with Crippen LogP contribution in [0, 0.1) is 13.8 Å². The second-order valence-corrected chi connectivity index (χ2v) is 4.81. The molecule has 4 heteroatoms. The van der Waals surface area contributed by atoms with E-state index in [0.29, 0.717) is 0 Å². The van der Waals surface area contributed by atoms with Gasteiger partial charge in [-0.3, -0.25) is 0 Å². The summed E-state index contributed by atoms with van der Waals surface area (Å²) in [4.78, 5) is 4.57. The topological polar surface area (TPSA) is 27.1 Å². The van der Waals surface area contributed by atoms with E-state index in [1.807, 2.05) is 30.7 Å². The van der Waals surface area contributed by atoms with Gasteiger partial charge >= 0.3 is 0 Å². The quantitative estimate of drug-likeness (QED) is 0.848. The Labute approximate surface area is 110 Å². The second-order valence-electron chi connectivity index (χ2n) is 4.06. The van der Waals surface area contributed by atoms with Gasteiger partial charge < -0.3 is 9.30 Å². The Morgan fingerprint density at radius 2 is 2.00 bits per heavy atom. The first-order valence-corrected chi connectivity index (χ1v) is 6.17. The van der Waals surface area contributed by atoms with Crippen LogP contribution < -0.4 is 4.74 Å². The first-order chi connectivity index (χ1) is 8.04. The number of aromatic nitrogens is 2. The first kappa shape index (κ1) is 12.2. The third-order valence-corrected chi connectivity index (χ3v) is 3.77. The normalized spacial score (nSPS) is 10.6. The van der Waals surface area contributed by atoms with E-state index >= 15 is 0 Å². The van der Waals surface area contributed by atoms with Gasteiger partial charge in [-0.25, -0.2) is 4.98 Å². The number of imidazole rings is 1. The molecule has 17 heavy (non-hydrogen) atoms. The van der Waals surface area contributed by atoms with Crippen LogP contribution in [0.15, 0.2) is 22.8 Å². The fourth-order valence-corrected chi connectivity index (χ4v) is 2.32. The van der Waals surface area contributed by atoms with Crippen molar-refractivity contribution in [1.29, 1.82) is 0 Å². The predicted molar refractivity (Wildman–Crippen MR) is 72.4 cm³/mol. The molecule has 0 N–H and O–H groups in total. The summed E-state index contributed by atoms with van der Waals surface area (Å²) in [6.45, 7) is 4.04. The number of rotatable bonds is 2. The molecule has 0 amide bonds. The molecule has 0 aliphatic carbocycles. The Morgan fingerprint density at radius 3 is 2.53 bits per heavy atom. The van der Waals surface area contributed by atoms with Gasteiger partial charge in [0.1, 0.15) is 21.9 Å². The molecule has 0 aliphatic heterocycles. The monoisotopic (exact) mass is 294 g/mol. The number of ether oxygens (including phenoxy) is 1. The highest BCUT2D eigenvalue weighted by Crippen LogP contribution is 2.35. The molecule has 2 rings (SSSR count). The summed E-state index contributed by atoms with van der Waals surface area (Å²) in [5.41, 5.74) is 3.13. The molecule has 0 fully saturated rings. The van der Waals surface area contributed by atoms with Gasteiger partial charge in [-0.05, 0) is 41.9 Å². The van der Waals surface area contributed by atoms with Crippen molar-refractivity contribution in [2.45, 2.75) is 13.8 Å². The van der Waals surface area contributed by atoms with Crippen molar-refractivity contribution in [2.24, 2.45) is 7.05 Å². The lowest BCUT2D eigenvalue weighted by molar-refractivity contribution is 0.416. The highest BCUT2D eigenvalue weighted by molar-refractivity contribution is 9.10. The number of hydrogen-bond acceptors (Lipinski definition) is 2. The van der Waals surface area contributed by atoms with E-state index in [1.54, 1.807) is 7.11 Å². The third-order valence-electron chi connectivity index (χ3n) is 2.86. The van der Waals surface area contributed by atoms with Gasteiger partial charge in [0.05, 0.1) is 7.11 Å². The Morgan fingerprint density at radius 1 is 1.29 bits per heavy atom. The summed E-state index contributed by atoms with van der Waals surface area (Å²) in [5, 5.41) is 0. The zero-order valence-electron chi connectivity index (χ0n) is 10.4. The van der Waals surface area contributed by atoms with E-state index in [1.165, 1.54) is 5.56 Å². The SMILES string of the molecule is COc1ccc(C)cc1-c1nc(C)n(C)c1Br. The fourth-order valence-electron chi connectivity index (χ4n) is 1.76. The summed E-state index contributed by atoms with van der Waals surface area (Å²) >= 11 is 3.57. The largest absolute Gasteiger partial charge is 0.496 e. The van der Waals surface area contributed by atoms with E-state index in [0.717, 1.165) is 27.4 Å². The average Bonchev–Trinajstić information content (AvgIpc) is 2.57. The lowest BCUT2D eigenvalue weighted by Crippen LogP contribution is -1.91. The van der Waals surface area contributed by atoms with Crippen molar-refractivity contribution in [1.82, 2.24) is 9.55 Å². The third kappa shape index (κ3) is 2.09. The van der Waals surface area contributed by atoms with E-state index in [-0.39, 0.29) is 0 Å². The van der Waals surface area contributed by atoms with Crippen LogP contribution in [0.3, 0.4) is 0 Å². The van der Waals surface area contributed by atoms with Gasteiger partial charge in [0, 0.05) is 12.6 Å². The Hall–Kier alpha value is -1.29. The molecule has 0 saturated heterocycles. The van der Waals surface area contributed by atoms with Crippen molar-refractivity contribution in [2.75, 3.05) is 7.11 Å². The molecule has 0 spiro atoms. The lowest BCUT2D eigenvalue weighted by Gasteiger charge is -2.08. The molecule has 0 bridgehead atoms. The van der Waals surface area contributed by atoms with Crippen LogP contribution >= 0.6 is 15.9 Å². The predicted octanol–water partition coefficient (Wildman–Crippen LogP) is 3.48. The molecular formula is C13H15BrN2O. The number of hydrogen-bond donors (Lipinski definition) is 0. The maximum absolute atomic E-state index is 5.39. The van der Waals surface area contributed by atoms with Crippen LogP contribution in [0.5, 0.6) is 5.75 Å². The fraction of sp³-hybridized carbons (Fsp3) is 0.308. The van der Waals surface area contributed by atoms with E-state index < -0.39 is 0 Å².